The highest BCUT2D eigenvalue weighted by atomic mass is 16.5. The highest BCUT2D eigenvalue weighted by molar-refractivity contribution is 6.22. The highest BCUT2D eigenvalue weighted by Crippen LogP contribution is 2.20. The lowest BCUT2D eigenvalue weighted by atomic mass is 10.1. The molecule has 2 aromatic rings. The van der Waals surface area contributed by atoms with Crippen LogP contribution in [0.2, 0.25) is 0 Å². The van der Waals surface area contributed by atoms with E-state index in [-0.39, 0.29) is 13.2 Å². The lowest BCUT2D eigenvalue weighted by Gasteiger charge is -2.32. The largest absolute Gasteiger partial charge is 0.497 e. The van der Waals surface area contributed by atoms with Crippen molar-refractivity contribution in [1.82, 2.24) is 15.1 Å². The number of fused-ring (bicyclic) bond motifs is 1. The van der Waals surface area contributed by atoms with Crippen LogP contribution in [-0.4, -0.2) is 96.3 Å². The number of nitrogens with zero attached hydrogens (tertiary/aromatic N) is 4. The molecule has 10 heteroatoms. The van der Waals surface area contributed by atoms with Crippen molar-refractivity contribution in [3.8, 4) is 11.5 Å². The van der Waals surface area contributed by atoms with E-state index in [9.17, 15) is 14.7 Å². The number of β-amino-alcohol motifs (C(OH)–C–C–N with tert-alkyl or cyclic N) is 1. The Labute approximate surface area is 204 Å². The number of nitrogens with one attached hydrogen (secondary N) is 1. The number of rotatable bonds is 9. The molecule has 0 aromatic heterocycles. The maximum absolute atomic E-state index is 13.0. The molecule has 2 unspecified atom stereocenters. The van der Waals surface area contributed by atoms with Crippen LogP contribution < -0.4 is 14.8 Å². The van der Waals surface area contributed by atoms with Crippen LogP contribution >= 0.6 is 0 Å². The van der Waals surface area contributed by atoms with E-state index in [2.05, 4.69) is 10.3 Å². The molecule has 2 aliphatic heterocycles. The van der Waals surface area contributed by atoms with Crippen LogP contribution in [-0.2, 0) is 11.2 Å². The monoisotopic (exact) mass is 480 g/mol. The first-order valence-corrected chi connectivity index (χ1v) is 11.4. The normalized spacial score (nSPS) is 18.4. The molecule has 0 radical (unpaired) electrons. The summed E-state index contributed by atoms with van der Waals surface area (Å²) < 4.78 is 12.6. The van der Waals surface area contributed by atoms with Crippen LogP contribution in [0.5, 0.6) is 11.5 Å². The Hall–Kier alpha value is -3.92. The summed E-state index contributed by atoms with van der Waals surface area (Å²) in [7, 11) is 4.62. The van der Waals surface area contributed by atoms with Gasteiger partial charge >= 0.3 is 12.0 Å². The summed E-state index contributed by atoms with van der Waals surface area (Å²) >= 11 is 0. The van der Waals surface area contributed by atoms with Crippen molar-refractivity contribution in [3.63, 3.8) is 0 Å². The molecule has 35 heavy (non-hydrogen) atoms. The fourth-order valence-electron chi connectivity index (χ4n) is 4.04. The van der Waals surface area contributed by atoms with Gasteiger partial charge in [-0.05, 0) is 29.8 Å². The number of ether oxygens (including phenoxy) is 2. The summed E-state index contributed by atoms with van der Waals surface area (Å²) in [4.78, 5) is 32.5. The number of hydrogen-bond donors (Lipinski definition) is 2. The topological polar surface area (TPSA) is 107 Å². The molecular weight excluding hydrogens is 450 g/mol. The molecule has 1 fully saturated rings. The Morgan fingerprint density at radius 1 is 1.06 bits per heavy atom. The van der Waals surface area contributed by atoms with E-state index in [1.807, 2.05) is 30.3 Å². The van der Waals surface area contributed by atoms with Crippen LogP contribution in [0.1, 0.15) is 5.56 Å². The maximum atomic E-state index is 13.0. The van der Waals surface area contributed by atoms with Gasteiger partial charge in [0.15, 0.2) is 0 Å². The molecule has 2 aromatic carbocycles. The predicted octanol–water partition coefficient (Wildman–Crippen LogP) is 0.940. The third-order valence-electron chi connectivity index (χ3n) is 5.98. The van der Waals surface area contributed by atoms with Gasteiger partial charge < -0.3 is 14.6 Å². The summed E-state index contributed by atoms with van der Waals surface area (Å²) in [5.41, 5.74) is 1.16. The number of carbonyl (C=O) groups excluding carboxylic acids is 2. The third-order valence-corrected chi connectivity index (χ3v) is 5.98. The Bertz CT molecular complexity index is 1130. The van der Waals surface area contributed by atoms with Crippen molar-refractivity contribution in [2.45, 2.75) is 18.6 Å². The average Bonchev–Trinajstić information content (AvgIpc) is 3.24. The molecule has 2 atom stereocenters. The number of amides is 3. The number of aliphatic imine (C=N–C) groups is 1. The van der Waals surface area contributed by atoms with E-state index in [1.54, 1.807) is 43.0 Å². The second kappa shape index (κ2) is 10.6. The number of carbonyl (C=O) groups is 2. The molecule has 3 amide bonds. The van der Waals surface area contributed by atoms with Gasteiger partial charge in [-0.3, -0.25) is 19.9 Å². The number of hydrogen-bond acceptors (Lipinski definition) is 7. The molecule has 2 N–H and O–H groups in total. The predicted molar refractivity (Wildman–Crippen MR) is 130 cm³/mol. The van der Waals surface area contributed by atoms with Crippen LogP contribution in [0.4, 0.5) is 4.79 Å². The van der Waals surface area contributed by atoms with Gasteiger partial charge in [0.25, 0.3) is 5.91 Å². The summed E-state index contributed by atoms with van der Waals surface area (Å²) in [5, 5.41) is 14.0. The van der Waals surface area contributed by atoms with Gasteiger partial charge in [-0.25, -0.2) is 9.37 Å². The molecule has 4 rings (SSSR count). The van der Waals surface area contributed by atoms with Crippen molar-refractivity contribution < 1.29 is 28.7 Å². The van der Waals surface area contributed by atoms with E-state index >= 15 is 0 Å². The Morgan fingerprint density at radius 3 is 2.43 bits per heavy atom. The molecule has 2 aliphatic rings. The van der Waals surface area contributed by atoms with Gasteiger partial charge in [0, 0.05) is 20.5 Å². The lowest BCUT2D eigenvalue weighted by Crippen LogP contribution is -2.62. The van der Waals surface area contributed by atoms with Crippen LogP contribution in [0.15, 0.2) is 59.6 Å². The van der Waals surface area contributed by atoms with Crippen molar-refractivity contribution in [1.29, 1.82) is 0 Å². The molecule has 10 nitrogen and oxygen atoms in total. The number of urea groups is 1. The Balaban J connectivity index is 1.49. The summed E-state index contributed by atoms with van der Waals surface area (Å²) in [6.07, 6.45) is -0.168. The second-order valence-corrected chi connectivity index (χ2v) is 8.39. The third kappa shape index (κ3) is 5.27. The summed E-state index contributed by atoms with van der Waals surface area (Å²) in [5.74, 6) is 1.68. The van der Waals surface area contributed by atoms with Crippen LogP contribution in [0.25, 0.3) is 0 Å². The minimum Gasteiger partial charge on any atom is -0.497 e. The number of benzene rings is 2. The van der Waals surface area contributed by atoms with Crippen LogP contribution in [0, 0.1) is 0 Å². The Kier molecular flexibility index (Phi) is 7.31. The van der Waals surface area contributed by atoms with Gasteiger partial charge in [0.1, 0.15) is 24.2 Å². The van der Waals surface area contributed by atoms with Crippen molar-refractivity contribution in [2.75, 3.05) is 40.9 Å². The first-order chi connectivity index (χ1) is 16.9. The van der Waals surface area contributed by atoms with Crippen molar-refractivity contribution >= 4 is 23.7 Å². The van der Waals surface area contributed by atoms with Gasteiger partial charge in [-0.15, -0.1) is 0 Å². The first kappa shape index (κ1) is 24.2. The minimum absolute atomic E-state index is 0.0149. The van der Waals surface area contributed by atoms with Crippen molar-refractivity contribution in [3.05, 3.63) is 60.2 Å². The maximum Gasteiger partial charge on any atom is 0.390 e. The van der Waals surface area contributed by atoms with E-state index in [1.165, 1.54) is 11.9 Å². The highest BCUT2D eigenvalue weighted by Gasteiger charge is 2.51. The van der Waals surface area contributed by atoms with E-state index in [4.69, 9.17) is 9.47 Å². The molecule has 1 saturated heterocycles. The molecule has 0 saturated carbocycles. The van der Waals surface area contributed by atoms with Gasteiger partial charge in [0.05, 0.1) is 20.2 Å². The number of amidine groups is 1. The fourth-order valence-corrected chi connectivity index (χ4v) is 4.04. The SMILES string of the molecule is COc1ccc(OCC(O)C[N+]2=C(NCCc3ccccc3)N=C3C2C(=O)N(C)C(=O)N3C)cc1. The second-order valence-electron chi connectivity index (χ2n) is 8.39. The summed E-state index contributed by atoms with van der Waals surface area (Å²) in [6, 6.07) is 15.8. The molecule has 2 heterocycles. The molecule has 0 spiro atoms. The summed E-state index contributed by atoms with van der Waals surface area (Å²) in [6.45, 7) is 0.670. The number of methoxy groups -OCH3 is 1. The van der Waals surface area contributed by atoms with E-state index in [0.29, 0.717) is 29.8 Å². The molecule has 0 aliphatic carbocycles. The zero-order valence-electron chi connectivity index (χ0n) is 20.0. The fraction of sp³-hybridized carbons (Fsp3) is 0.360. The minimum atomic E-state index is -0.918. The lowest BCUT2D eigenvalue weighted by molar-refractivity contribution is -0.545. The smallest absolute Gasteiger partial charge is 0.390 e. The van der Waals surface area contributed by atoms with E-state index < -0.39 is 24.1 Å². The standard InChI is InChI=1S/C25H29N5O5/c1-28-22-21(23(32)29(2)25(28)33)30(24(27-22)26-14-13-17-7-5-4-6-8-17)15-18(31)16-35-20-11-9-19(34-3)10-12-20/h4-12,18,21,31H,13-16H2,1-3H3/p+1. The van der Waals surface area contributed by atoms with Gasteiger partial charge in [0.2, 0.25) is 11.9 Å². The quantitative estimate of drug-likeness (QED) is 0.518. The number of imide groups is 1. The number of guanidine groups is 1. The van der Waals surface area contributed by atoms with Gasteiger partial charge in [-0.2, -0.15) is 0 Å². The first-order valence-electron chi connectivity index (χ1n) is 11.4. The Morgan fingerprint density at radius 2 is 1.74 bits per heavy atom. The van der Waals surface area contributed by atoms with Crippen molar-refractivity contribution in [2.24, 2.45) is 4.99 Å². The van der Waals surface area contributed by atoms with E-state index in [0.717, 1.165) is 16.9 Å². The number of aliphatic hydroxyl groups is 1. The number of aliphatic hydroxyl groups excluding tert-OH is 1. The van der Waals surface area contributed by atoms with Crippen LogP contribution in [0.3, 0.4) is 0 Å². The molecule has 184 valence electrons. The average molecular weight is 481 g/mol. The number of likely N-dealkylation sites (N-methyl/N-ethyl adjacent to an activating group) is 2. The zero-order chi connectivity index (χ0) is 24.9. The molecule has 0 bridgehead atoms. The zero-order valence-corrected chi connectivity index (χ0v) is 20.0. The van der Waals surface area contributed by atoms with Gasteiger partial charge in [-0.1, -0.05) is 35.3 Å². The molecular formula is C25H30N5O5+.